The van der Waals surface area contributed by atoms with E-state index in [1.807, 2.05) is 13.1 Å². The lowest BCUT2D eigenvalue weighted by Crippen LogP contribution is -2.58. The number of aliphatic hydroxyl groups is 2. The zero-order chi connectivity index (χ0) is 28.3. The molecule has 1 aliphatic rings. The Balaban J connectivity index is 1.59. The van der Waals surface area contributed by atoms with Gasteiger partial charge in [0, 0.05) is 42.0 Å². The summed E-state index contributed by atoms with van der Waals surface area (Å²) >= 11 is 12.7. The second-order valence-electron chi connectivity index (χ2n) is 9.13. The van der Waals surface area contributed by atoms with E-state index >= 15 is 0 Å². The molecule has 11 nitrogen and oxygen atoms in total. The summed E-state index contributed by atoms with van der Waals surface area (Å²) in [5.74, 6) is -2.70. The number of benzene rings is 2. The van der Waals surface area contributed by atoms with Gasteiger partial charge in [-0.25, -0.2) is 13.1 Å². The Hall–Kier alpha value is -2.29. The summed E-state index contributed by atoms with van der Waals surface area (Å²) in [5.41, 5.74) is 10.3. The van der Waals surface area contributed by atoms with Crippen molar-refractivity contribution in [1.29, 1.82) is 0 Å². The van der Waals surface area contributed by atoms with Gasteiger partial charge >= 0.3 is 0 Å². The summed E-state index contributed by atoms with van der Waals surface area (Å²) in [5, 5.41) is 20.9. The van der Waals surface area contributed by atoms with Gasteiger partial charge in [0.15, 0.2) is 11.7 Å². The number of nitrogens with two attached hydrogens (primary N) is 2. The number of nitrogens with one attached hydrogen (secondary N) is 1. The molecule has 1 heterocycles. The summed E-state index contributed by atoms with van der Waals surface area (Å²) < 4.78 is 33.0. The van der Waals surface area contributed by atoms with Crippen LogP contribution in [0.3, 0.4) is 0 Å². The molecule has 0 aliphatic carbocycles. The van der Waals surface area contributed by atoms with Crippen molar-refractivity contribution in [1.82, 2.24) is 9.62 Å². The zero-order valence-electron chi connectivity index (χ0n) is 20.6. The van der Waals surface area contributed by atoms with Gasteiger partial charge in [-0.3, -0.25) is 9.59 Å². The minimum atomic E-state index is -3.85. The van der Waals surface area contributed by atoms with Crippen molar-refractivity contribution in [2.75, 3.05) is 33.4 Å². The number of fused-ring (bicyclic) bond motifs is 1. The van der Waals surface area contributed by atoms with E-state index in [9.17, 15) is 28.2 Å². The molecular formula is C24H30Cl2N4O7S. The topological polar surface area (TPSA) is 185 Å². The quantitative estimate of drug-likeness (QED) is 0.219. The first-order chi connectivity index (χ1) is 17.8. The van der Waals surface area contributed by atoms with Crippen LogP contribution in [0.5, 0.6) is 0 Å². The first kappa shape index (κ1) is 30.3. The number of halogens is 2. The minimum absolute atomic E-state index is 0.0369. The first-order valence-corrected chi connectivity index (χ1v) is 13.8. The van der Waals surface area contributed by atoms with Crippen LogP contribution in [0.15, 0.2) is 41.3 Å². The van der Waals surface area contributed by atoms with Crippen LogP contribution < -0.4 is 16.2 Å². The number of carbonyl (C=O) groups excluding carboxylic acids is 2. The fourth-order valence-corrected chi connectivity index (χ4v) is 5.88. The summed E-state index contributed by atoms with van der Waals surface area (Å²) in [6.07, 6.45) is -2.72. The first-order valence-electron chi connectivity index (χ1n) is 11.6. The summed E-state index contributed by atoms with van der Waals surface area (Å²) in [4.78, 5) is 24.8. The molecule has 0 radical (unpaired) electrons. The van der Waals surface area contributed by atoms with Gasteiger partial charge in [0.2, 0.25) is 15.9 Å². The van der Waals surface area contributed by atoms with Gasteiger partial charge in [-0.15, -0.1) is 0 Å². The molecule has 3 atom stereocenters. The molecule has 38 heavy (non-hydrogen) atoms. The van der Waals surface area contributed by atoms with Crippen molar-refractivity contribution in [3.05, 3.63) is 63.1 Å². The number of nitrogens with zero attached hydrogens (tertiary/aromatic N) is 1. The van der Waals surface area contributed by atoms with E-state index < -0.39 is 40.0 Å². The molecular weight excluding hydrogens is 559 g/mol. The van der Waals surface area contributed by atoms with Crippen molar-refractivity contribution in [3.8, 4) is 0 Å². The number of aliphatic hydroxyl groups excluding tert-OH is 1. The number of amides is 2. The third-order valence-electron chi connectivity index (χ3n) is 6.40. The van der Waals surface area contributed by atoms with Crippen molar-refractivity contribution in [2.45, 2.75) is 35.5 Å². The van der Waals surface area contributed by atoms with Gasteiger partial charge in [0.25, 0.3) is 5.91 Å². The van der Waals surface area contributed by atoms with Crippen LogP contribution in [0.1, 0.15) is 29.0 Å². The number of primary amides is 2. The number of hydrogen-bond donors (Lipinski definition) is 5. The van der Waals surface area contributed by atoms with Crippen molar-refractivity contribution >= 4 is 45.0 Å². The standard InChI is InChI=1S/C24H30Cl2N4O7S/c1-30-12-18(17-10-15(25)11-20(26)19(17)13-30)14-2-4-16(5-3-14)38(35,36)29-7-9-37-8-6-24(34,23(28)33)21(31)22(27)32/h2-5,10-11,18,21,29,31,34H,6-9,12-13H2,1H3,(H2,27,32)(H2,28,33)/t18-,21?,24?/m1/s1. The average molecular weight is 589 g/mol. The minimum Gasteiger partial charge on any atom is -0.380 e. The second kappa shape index (κ2) is 12.3. The molecule has 0 saturated heterocycles. The third-order valence-corrected chi connectivity index (χ3v) is 8.43. The number of likely N-dealkylation sites (N-methyl/N-ethyl adjacent to an activating group) is 1. The van der Waals surface area contributed by atoms with Crippen LogP contribution in [0.25, 0.3) is 0 Å². The smallest absolute Gasteiger partial charge is 0.252 e. The van der Waals surface area contributed by atoms with E-state index in [0.717, 1.165) is 16.7 Å². The van der Waals surface area contributed by atoms with Gasteiger partial charge in [-0.2, -0.15) is 0 Å². The van der Waals surface area contributed by atoms with Crippen LogP contribution in [-0.2, 0) is 30.9 Å². The molecule has 14 heteroatoms. The van der Waals surface area contributed by atoms with Crippen molar-refractivity contribution < 1.29 is 33.0 Å². The summed E-state index contributed by atoms with van der Waals surface area (Å²) in [7, 11) is -1.87. The number of sulfonamides is 1. The normalized spacial score (nSPS) is 18.4. The Morgan fingerprint density at radius 3 is 2.47 bits per heavy atom. The lowest BCUT2D eigenvalue weighted by molar-refractivity contribution is -0.161. The Kier molecular flexibility index (Phi) is 9.76. The number of carbonyl (C=O) groups is 2. The number of hydrogen-bond acceptors (Lipinski definition) is 8. The highest BCUT2D eigenvalue weighted by atomic mass is 35.5. The number of ether oxygens (including phenoxy) is 1. The maximum Gasteiger partial charge on any atom is 0.252 e. The molecule has 0 saturated carbocycles. The van der Waals surface area contributed by atoms with Crippen LogP contribution in [0.4, 0.5) is 0 Å². The summed E-state index contributed by atoms with van der Waals surface area (Å²) in [6, 6.07) is 10.1. The average Bonchev–Trinajstić information content (AvgIpc) is 2.85. The number of rotatable bonds is 12. The third kappa shape index (κ3) is 6.82. The van der Waals surface area contributed by atoms with Crippen LogP contribution in [0, 0.1) is 0 Å². The maximum absolute atomic E-state index is 12.7. The maximum atomic E-state index is 12.7. The molecule has 3 rings (SSSR count). The van der Waals surface area contributed by atoms with Gasteiger partial charge < -0.3 is 31.3 Å². The zero-order valence-corrected chi connectivity index (χ0v) is 22.9. The molecule has 2 unspecified atom stereocenters. The van der Waals surface area contributed by atoms with E-state index in [1.54, 1.807) is 18.2 Å². The molecule has 0 aromatic heterocycles. The highest BCUT2D eigenvalue weighted by Crippen LogP contribution is 2.38. The van der Waals surface area contributed by atoms with Gasteiger partial charge in [0.1, 0.15) is 0 Å². The Morgan fingerprint density at radius 1 is 1.21 bits per heavy atom. The van der Waals surface area contributed by atoms with E-state index in [0.29, 0.717) is 23.1 Å². The van der Waals surface area contributed by atoms with Crippen molar-refractivity contribution in [3.63, 3.8) is 0 Å². The van der Waals surface area contributed by atoms with E-state index in [-0.39, 0.29) is 30.6 Å². The molecule has 2 aromatic carbocycles. The molecule has 1 aliphatic heterocycles. The molecule has 208 valence electrons. The monoisotopic (exact) mass is 588 g/mol. The Morgan fingerprint density at radius 2 is 1.87 bits per heavy atom. The predicted molar refractivity (Wildman–Crippen MR) is 141 cm³/mol. The largest absolute Gasteiger partial charge is 0.380 e. The highest BCUT2D eigenvalue weighted by molar-refractivity contribution is 7.89. The molecule has 0 bridgehead atoms. The second-order valence-corrected chi connectivity index (χ2v) is 11.7. The highest BCUT2D eigenvalue weighted by Gasteiger charge is 2.44. The van der Waals surface area contributed by atoms with Crippen LogP contribution >= 0.6 is 23.2 Å². The predicted octanol–water partition coefficient (Wildman–Crippen LogP) is 0.318. The molecule has 7 N–H and O–H groups in total. The Labute approximate surface area is 230 Å². The van der Waals surface area contributed by atoms with Gasteiger partial charge in [0.05, 0.1) is 18.1 Å². The van der Waals surface area contributed by atoms with E-state index in [2.05, 4.69) is 9.62 Å². The molecule has 2 aromatic rings. The van der Waals surface area contributed by atoms with E-state index in [1.165, 1.54) is 12.1 Å². The lowest BCUT2D eigenvalue weighted by atomic mass is 9.85. The summed E-state index contributed by atoms with van der Waals surface area (Å²) in [6.45, 7) is 0.868. The van der Waals surface area contributed by atoms with Crippen LogP contribution in [0.2, 0.25) is 10.0 Å². The molecule has 2 amide bonds. The van der Waals surface area contributed by atoms with Gasteiger partial charge in [-0.1, -0.05) is 35.3 Å². The fourth-order valence-electron chi connectivity index (χ4n) is 4.30. The molecule has 0 fully saturated rings. The lowest BCUT2D eigenvalue weighted by Gasteiger charge is -2.33. The van der Waals surface area contributed by atoms with Crippen molar-refractivity contribution in [2.24, 2.45) is 11.5 Å². The SMILES string of the molecule is CN1Cc2c(Cl)cc(Cl)cc2[C@@H](c2ccc(S(=O)(=O)NCCOCCC(O)(C(N)=O)C(O)C(N)=O)cc2)C1. The van der Waals surface area contributed by atoms with E-state index in [4.69, 9.17) is 39.4 Å². The fraction of sp³-hybridized carbons (Fsp3) is 0.417. The van der Waals surface area contributed by atoms with Gasteiger partial charge in [-0.05, 0) is 48.0 Å². The molecule has 0 spiro atoms. The Bertz CT molecular complexity index is 1290. The van der Waals surface area contributed by atoms with Crippen LogP contribution in [-0.4, -0.2) is 80.4 Å².